The monoisotopic (exact) mass is 367 g/mol. The van der Waals surface area contributed by atoms with E-state index in [0.717, 1.165) is 12.2 Å². The van der Waals surface area contributed by atoms with Crippen molar-refractivity contribution in [2.24, 2.45) is 0 Å². The Balaban J connectivity index is 2.03. The molecule has 0 N–H and O–H groups in total. The van der Waals surface area contributed by atoms with Gasteiger partial charge in [-0.05, 0) is 48.1 Å². The van der Waals surface area contributed by atoms with Crippen LogP contribution in [0.25, 0.3) is 0 Å². The lowest BCUT2D eigenvalue weighted by Gasteiger charge is -2.24. The third-order valence-corrected chi connectivity index (χ3v) is 4.23. The maximum atomic E-state index is 9.02. The summed E-state index contributed by atoms with van der Waals surface area (Å²) in [5.74, 6) is 2.10. The van der Waals surface area contributed by atoms with Gasteiger partial charge in [0.25, 0.3) is 0 Å². The first kappa shape index (κ1) is 20.6. The Morgan fingerprint density at radius 2 is 1.52 bits per heavy atom. The zero-order valence-corrected chi connectivity index (χ0v) is 17.0. The van der Waals surface area contributed by atoms with Crippen molar-refractivity contribution in [1.29, 1.82) is 5.26 Å². The third-order valence-electron chi connectivity index (χ3n) is 4.23. The molecule has 4 nitrogen and oxygen atoms in total. The predicted octanol–water partition coefficient (Wildman–Crippen LogP) is 5.27. The van der Waals surface area contributed by atoms with E-state index in [9.17, 15) is 0 Å². The van der Waals surface area contributed by atoms with E-state index in [1.807, 2.05) is 13.0 Å². The van der Waals surface area contributed by atoms with Crippen LogP contribution in [0.4, 0.5) is 0 Å². The molecule has 0 unspecified atom stereocenters. The summed E-state index contributed by atoms with van der Waals surface area (Å²) in [6.45, 7) is 12.0. The first-order valence-corrected chi connectivity index (χ1v) is 9.45. The van der Waals surface area contributed by atoms with Crippen molar-refractivity contribution < 1.29 is 14.2 Å². The van der Waals surface area contributed by atoms with Crippen LogP contribution in [0.5, 0.6) is 17.2 Å². The number of benzene rings is 2. The first-order chi connectivity index (χ1) is 12.9. The molecule has 0 fully saturated rings. The molecule has 27 heavy (non-hydrogen) atoms. The topological polar surface area (TPSA) is 51.5 Å². The Morgan fingerprint density at radius 3 is 2.11 bits per heavy atom. The fraction of sp³-hybridized carbons (Fsp3) is 0.435. The Labute approximate surface area is 162 Å². The molecule has 2 rings (SSSR count). The Kier molecular flexibility index (Phi) is 7.12. The third kappa shape index (κ3) is 5.65. The van der Waals surface area contributed by atoms with Gasteiger partial charge in [0.15, 0.2) is 11.5 Å². The molecule has 4 heteroatoms. The van der Waals surface area contributed by atoms with Gasteiger partial charge in [0.1, 0.15) is 19.0 Å². The second kappa shape index (κ2) is 9.32. The second-order valence-corrected chi connectivity index (χ2v) is 7.34. The largest absolute Gasteiger partial charge is 0.490 e. The van der Waals surface area contributed by atoms with Gasteiger partial charge in [-0.15, -0.1) is 0 Å². The van der Waals surface area contributed by atoms with Crippen LogP contribution in [0, 0.1) is 11.3 Å². The number of aryl methyl sites for hydroxylation is 1. The van der Waals surface area contributed by atoms with Gasteiger partial charge in [-0.3, -0.25) is 0 Å². The first-order valence-electron chi connectivity index (χ1n) is 9.45. The van der Waals surface area contributed by atoms with Crippen molar-refractivity contribution in [3.05, 3.63) is 53.1 Å². The molecule has 0 atom stereocenters. The summed E-state index contributed by atoms with van der Waals surface area (Å²) in [4.78, 5) is 0. The SMILES string of the molecule is CCOc1cc(C#N)ccc1OCCOc1ccc(CC)cc1C(C)(C)C. The summed E-state index contributed by atoms with van der Waals surface area (Å²) in [6.07, 6.45) is 1.01. The average molecular weight is 367 g/mol. The van der Waals surface area contributed by atoms with E-state index in [2.05, 4.69) is 45.9 Å². The van der Waals surface area contributed by atoms with Gasteiger partial charge >= 0.3 is 0 Å². The van der Waals surface area contributed by atoms with Gasteiger partial charge < -0.3 is 14.2 Å². The minimum Gasteiger partial charge on any atom is -0.490 e. The molecule has 144 valence electrons. The highest BCUT2D eigenvalue weighted by Gasteiger charge is 2.19. The summed E-state index contributed by atoms with van der Waals surface area (Å²) < 4.78 is 17.4. The molecule has 0 saturated carbocycles. The minimum atomic E-state index is 0.0105. The fourth-order valence-corrected chi connectivity index (χ4v) is 2.78. The van der Waals surface area contributed by atoms with Crippen molar-refractivity contribution in [2.45, 2.75) is 46.5 Å². The fourth-order valence-electron chi connectivity index (χ4n) is 2.78. The summed E-state index contributed by atoms with van der Waals surface area (Å²) in [5, 5.41) is 9.02. The molecule has 0 amide bonds. The maximum Gasteiger partial charge on any atom is 0.162 e. The molecule has 0 aromatic heterocycles. The van der Waals surface area contributed by atoms with Gasteiger partial charge in [0.2, 0.25) is 0 Å². The number of nitrogens with zero attached hydrogens (tertiary/aromatic N) is 1. The second-order valence-electron chi connectivity index (χ2n) is 7.34. The van der Waals surface area contributed by atoms with E-state index in [-0.39, 0.29) is 5.41 Å². The van der Waals surface area contributed by atoms with Gasteiger partial charge in [0.05, 0.1) is 18.2 Å². The summed E-state index contributed by atoms with van der Waals surface area (Å²) in [6, 6.07) is 13.7. The number of nitriles is 1. The Morgan fingerprint density at radius 1 is 0.852 bits per heavy atom. The van der Waals surface area contributed by atoms with Crippen LogP contribution >= 0.6 is 0 Å². The smallest absolute Gasteiger partial charge is 0.162 e. The highest BCUT2D eigenvalue weighted by molar-refractivity contribution is 5.47. The van der Waals surface area contributed by atoms with Crippen molar-refractivity contribution in [3.63, 3.8) is 0 Å². The Bertz CT molecular complexity index is 800. The number of hydrogen-bond donors (Lipinski definition) is 0. The van der Waals surface area contributed by atoms with Crippen LogP contribution in [-0.4, -0.2) is 19.8 Å². The summed E-state index contributed by atoms with van der Waals surface area (Å²) in [7, 11) is 0. The maximum absolute atomic E-state index is 9.02. The van der Waals surface area contributed by atoms with Crippen LogP contribution in [0.2, 0.25) is 0 Å². The Hall–Kier alpha value is -2.67. The van der Waals surface area contributed by atoms with Gasteiger partial charge in [-0.1, -0.05) is 39.8 Å². The van der Waals surface area contributed by atoms with E-state index in [1.54, 1.807) is 18.2 Å². The predicted molar refractivity (Wildman–Crippen MR) is 108 cm³/mol. The van der Waals surface area contributed by atoms with E-state index in [4.69, 9.17) is 19.5 Å². The van der Waals surface area contributed by atoms with E-state index in [0.29, 0.717) is 36.9 Å². The number of rotatable bonds is 8. The molecule has 0 spiro atoms. The number of ether oxygens (including phenoxy) is 3. The molecule has 0 radical (unpaired) electrons. The lowest BCUT2D eigenvalue weighted by atomic mass is 9.85. The van der Waals surface area contributed by atoms with E-state index < -0.39 is 0 Å². The van der Waals surface area contributed by atoms with Gasteiger partial charge in [0, 0.05) is 6.07 Å². The molecule has 2 aromatic carbocycles. The van der Waals surface area contributed by atoms with Crippen molar-refractivity contribution >= 4 is 0 Å². The summed E-state index contributed by atoms with van der Waals surface area (Å²) in [5.41, 5.74) is 3.07. The molecule has 0 aliphatic rings. The molecule has 0 aliphatic carbocycles. The highest BCUT2D eigenvalue weighted by atomic mass is 16.5. The molecule has 0 bridgehead atoms. The quantitative estimate of drug-likeness (QED) is 0.596. The lowest BCUT2D eigenvalue weighted by molar-refractivity contribution is 0.206. The van der Waals surface area contributed by atoms with E-state index in [1.165, 1.54) is 11.1 Å². The van der Waals surface area contributed by atoms with Crippen LogP contribution < -0.4 is 14.2 Å². The molecular weight excluding hydrogens is 338 g/mol. The molecule has 0 heterocycles. The van der Waals surface area contributed by atoms with Crippen molar-refractivity contribution in [1.82, 2.24) is 0 Å². The normalized spacial score (nSPS) is 11.0. The van der Waals surface area contributed by atoms with Crippen LogP contribution in [0.3, 0.4) is 0 Å². The lowest BCUT2D eigenvalue weighted by Crippen LogP contribution is -2.16. The molecule has 2 aromatic rings. The van der Waals surface area contributed by atoms with Crippen molar-refractivity contribution in [2.75, 3.05) is 19.8 Å². The standard InChI is InChI=1S/C23H29NO3/c1-6-17-8-10-20(19(14-17)23(3,4)5)26-12-13-27-21-11-9-18(16-24)15-22(21)25-7-2/h8-11,14-15H,6-7,12-13H2,1-5H3. The van der Waals surface area contributed by atoms with Crippen molar-refractivity contribution in [3.8, 4) is 23.3 Å². The zero-order chi connectivity index (χ0) is 19.9. The molecule has 0 aliphatic heterocycles. The minimum absolute atomic E-state index is 0.0105. The van der Waals surface area contributed by atoms with Gasteiger partial charge in [-0.25, -0.2) is 0 Å². The van der Waals surface area contributed by atoms with Crippen LogP contribution in [0.1, 0.15) is 51.3 Å². The molecule has 0 saturated heterocycles. The molecular formula is C23H29NO3. The van der Waals surface area contributed by atoms with Crippen LogP contribution in [0.15, 0.2) is 36.4 Å². The highest BCUT2D eigenvalue weighted by Crippen LogP contribution is 2.33. The number of hydrogen-bond acceptors (Lipinski definition) is 4. The zero-order valence-electron chi connectivity index (χ0n) is 17.0. The van der Waals surface area contributed by atoms with Gasteiger partial charge in [-0.2, -0.15) is 5.26 Å². The van der Waals surface area contributed by atoms with E-state index >= 15 is 0 Å². The summed E-state index contributed by atoms with van der Waals surface area (Å²) >= 11 is 0. The van der Waals surface area contributed by atoms with Crippen LogP contribution in [-0.2, 0) is 11.8 Å². The average Bonchev–Trinajstić information content (AvgIpc) is 2.65.